The minimum absolute atomic E-state index is 0.250. The van der Waals surface area contributed by atoms with Crippen molar-refractivity contribution in [2.24, 2.45) is 0 Å². The van der Waals surface area contributed by atoms with Gasteiger partial charge in [0.1, 0.15) is 0 Å². The van der Waals surface area contributed by atoms with E-state index in [1.165, 1.54) is 26.4 Å². The van der Waals surface area contributed by atoms with Gasteiger partial charge in [0.25, 0.3) is 5.91 Å². The van der Waals surface area contributed by atoms with Crippen molar-refractivity contribution in [1.82, 2.24) is 0 Å². The van der Waals surface area contributed by atoms with Gasteiger partial charge in [-0.2, -0.15) is 0 Å². The van der Waals surface area contributed by atoms with Crippen molar-refractivity contribution in [2.45, 2.75) is 38.1 Å². The van der Waals surface area contributed by atoms with E-state index in [2.05, 4.69) is 10.6 Å². The highest BCUT2D eigenvalue weighted by Gasteiger charge is 2.19. The van der Waals surface area contributed by atoms with Crippen molar-refractivity contribution < 1.29 is 14.3 Å². The number of ether oxygens (including phenoxy) is 1. The second kappa shape index (κ2) is 8.52. The Morgan fingerprint density at radius 3 is 2.42 bits per heavy atom. The first-order chi connectivity index (χ1) is 12.7. The average molecular weight is 352 g/mol. The van der Waals surface area contributed by atoms with Crippen LogP contribution in [-0.2, 0) is 4.74 Å². The quantitative estimate of drug-likeness (QED) is 0.779. The second-order valence-electron chi connectivity index (χ2n) is 6.55. The number of methoxy groups -OCH3 is 1. The Morgan fingerprint density at radius 1 is 1.00 bits per heavy atom. The highest BCUT2D eigenvalue weighted by Crippen LogP contribution is 2.25. The van der Waals surface area contributed by atoms with Gasteiger partial charge in [0, 0.05) is 17.4 Å². The zero-order valence-electron chi connectivity index (χ0n) is 15.0. The van der Waals surface area contributed by atoms with E-state index >= 15 is 0 Å². The lowest BCUT2D eigenvalue weighted by molar-refractivity contribution is 0.0600. The minimum Gasteiger partial charge on any atom is -0.465 e. The Hall–Kier alpha value is -2.82. The zero-order chi connectivity index (χ0) is 18.4. The molecule has 2 aromatic rings. The maximum absolute atomic E-state index is 12.8. The number of anilines is 2. The standard InChI is InChI=1S/C21H24N2O3/c1-26-21(25)15-12-13-19(22-16-8-4-2-5-9-16)18(14-15)20(24)23-17-10-6-3-7-11-17/h3,6-7,10-14,16,22H,2,4-5,8-9H2,1H3,(H,23,24). The minimum atomic E-state index is -0.456. The molecule has 1 aliphatic carbocycles. The number of amides is 1. The van der Waals surface area contributed by atoms with Crippen LogP contribution in [0.25, 0.3) is 0 Å². The lowest BCUT2D eigenvalue weighted by Crippen LogP contribution is -2.24. The lowest BCUT2D eigenvalue weighted by Gasteiger charge is -2.25. The smallest absolute Gasteiger partial charge is 0.337 e. The van der Waals surface area contributed by atoms with Crippen LogP contribution in [0.1, 0.15) is 52.8 Å². The normalized spacial score (nSPS) is 14.5. The summed E-state index contributed by atoms with van der Waals surface area (Å²) in [5, 5.41) is 6.38. The highest BCUT2D eigenvalue weighted by molar-refractivity contribution is 6.09. The molecule has 5 nitrogen and oxygen atoms in total. The Kier molecular flexibility index (Phi) is 5.89. The number of rotatable bonds is 5. The van der Waals surface area contributed by atoms with Gasteiger partial charge in [-0.05, 0) is 43.2 Å². The average Bonchev–Trinajstić information content (AvgIpc) is 2.69. The Bertz CT molecular complexity index is 768. The first-order valence-corrected chi connectivity index (χ1v) is 9.02. The van der Waals surface area contributed by atoms with E-state index in [1.807, 2.05) is 30.3 Å². The van der Waals surface area contributed by atoms with Crippen LogP contribution in [0.15, 0.2) is 48.5 Å². The summed E-state index contributed by atoms with van der Waals surface area (Å²) in [5.74, 6) is -0.705. The van der Waals surface area contributed by atoms with E-state index in [0.29, 0.717) is 22.9 Å². The third kappa shape index (κ3) is 4.42. The predicted octanol–water partition coefficient (Wildman–Crippen LogP) is 4.47. The van der Waals surface area contributed by atoms with Gasteiger partial charge >= 0.3 is 5.97 Å². The lowest BCUT2D eigenvalue weighted by atomic mass is 9.95. The summed E-state index contributed by atoms with van der Waals surface area (Å²) in [6.07, 6.45) is 5.85. The number of nitrogens with one attached hydrogen (secondary N) is 2. The van der Waals surface area contributed by atoms with E-state index in [4.69, 9.17) is 4.74 Å². The number of carbonyl (C=O) groups is 2. The van der Waals surface area contributed by atoms with Crippen LogP contribution in [0.2, 0.25) is 0 Å². The summed E-state index contributed by atoms with van der Waals surface area (Å²) < 4.78 is 4.79. The van der Waals surface area contributed by atoms with Crippen molar-refractivity contribution in [3.63, 3.8) is 0 Å². The highest BCUT2D eigenvalue weighted by atomic mass is 16.5. The third-order valence-corrected chi connectivity index (χ3v) is 4.68. The fourth-order valence-electron chi connectivity index (χ4n) is 3.29. The Balaban J connectivity index is 1.87. The van der Waals surface area contributed by atoms with Gasteiger partial charge in [0.15, 0.2) is 0 Å². The van der Waals surface area contributed by atoms with Gasteiger partial charge in [0.05, 0.1) is 18.2 Å². The van der Waals surface area contributed by atoms with Crippen molar-refractivity contribution >= 4 is 23.3 Å². The first kappa shape index (κ1) is 18.0. The van der Waals surface area contributed by atoms with Crippen molar-refractivity contribution in [1.29, 1.82) is 0 Å². The van der Waals surface area contributed by atoms with Crippen LogP contribution >= 0.6 is 0 Å². The Morgan fingerprint density at radius 2 is 1.73 bits per heavy atom. The topological polar surface area (TPSA) is 67.4 Å². The molecular formula is C21H24N2O3. The summed E-state index contributed by atoms with van der Waals surface area (Å²) >= 11 is 0. The molecule has 0 aromatic heterocycles. The molecule has 2 aromatic carbocycles. The molecule has 2 N–H and O–H groups in total. The molecule has 0 aliphatic heterocycles. The van der Waals surface area contributed by atoms with E-state index < -0.39 is 5.97 Å². The number of para-hydroxylation sites is 1. The number of esters is 1. The van der Waals surface area contributed by atoms with Crippen molar-refractivity contribution in [3.8, 4) is 0 Å². The molecule has 26 heavy (non-hydrogen) atoms. The third-order valence-electron chi connectivity index (χ3n) is 4.68. The summed E-state index contributed by atoms with van der Waals surface area (Å²) in [4.78, 5) is 24.7. The van der Waals surface area contributed by atoms with E-state index in [0.717, 1.165) is 18.5 Å². The van der Waals surface area contributed by atoms with Gasteiger partial charge in [-0.1, -0.05) is 37.5 Å². The molecular weight excluding hydrogens is 328 g/mol. The zero-order valence-corrected chi connectivity index (χ0v) is 15.0. The summed E-state index contributed by atoms with van der Waals surface area (Å²) in [6.45, 7) is 0. The molecule has 5 heteroatoms. The van der Waals surface area contributed by atoms with E-state index in [-0.39, 0.29) is 5.91 Å². The molecule has 0 spiro atoms. The van der Waals surface area contributed by atoms with E-state index in [9.17, 15) is 9.59 Å². The van der Waals surface area contributed by atoms with Gasteiger partial charge in [-0.25, -0.2) is 4.79 Å². The maximum Gasteiger partial charge on any atom is 0.337 e. The number of benzene rings is 2. The van der Waals surface area contributed by atoms with Crippen molar-refractivity contribution in [2.75, 3.05) is 17.7 Å². The van der Waals surface area contributed by atoms with Crippen LogP contribution < -0.4 is 10.6 Å². The fraction of sp³-hybridized carbons (Fsp3) is 0.333. The van der Waals surface area contributed by atoms with Crippen LogP contribution in [0.3, 0.4) is 0 Å². The molecule has 1 fully saturated rings. The number of carbonyl (C=O) groups excluding carboxylic acids is 2. The largest absolute Gasteiger partial charge is 0.465 e. The number of hydrogen-bond acceptors (Lipinski definition) is 4. The monoisotopic (exact) mass is 352 g/mol. The molecule has 0 atom stereocenters. The maximum atomic E-state index is 12.8. The molecule has 0 unspecified atom stereocenters. The summed E-state index contributed by atoms with van der Waals surface area (Å²) in [7, 11) is 1.33. The molecule has 0 heterocycles. The van der Waals surface area contributed by atoms with E-state index in [1.54, 1.807) is 18.2 Å². The van der Waals surface area contributed by atoms with Gasteiger partial charge in [-0.3, -0.25) is 4.79 Å². The molecule has 1 aliphatic rings. The summed E-state index contributed by atoms with van der Waals surface area (Å²) in [6, 6.07) is 14.7. The summed E-state index contributed by atoms with van der Waals surface area (Å²) in [5.41, 5.74) is 2.27. The van der Waals surface area contributed by atoms with Gasteiger partial charge in [-0.15, -0.1) is 0 Å². The predicted molar refractivity (Wildman–Crippen MR) is 103 cm³/mol. The van der Waals surface area contributed by atoms with Crippen LogP contribution in [0.5, 0.6) is 0 Å². The SMILES string of the molecule is COC(=O)c1ccc(NC2CCCCC2)c(C(=O)Nc2ccccc2)c1. The number of hydrogen-bond donors (Lipinski definition) is 2. The van der Waals surface area contributed by atoms with Crippen molar-refractivity contribution in [3.05, 3.63) is 59.7 Å². The van der Waals surface area contributed by atoms with Crippen LogP contribution in [0, 0.1) is 0 Å². The fourth-order valence-corrected chi connectivity index (χ4v) is 3.29. The molecule has 136 valence electrons. The Labute approximate surface area is 153 Å². The molecule has 0 bridgehead atoms. The molecule has 3 rings (SSSR count). The van der Waals surface area contributed by atoms with Gasteiger partial charge < -0.3 is 15.4 Å². The second-order valence-corrected chi connectivity index (χ2v) is 6.55. The first-order valence-electron chi connectivity index (χ1n) is 9.02. The molecule has 1 saturated carbocycles. The molecule has 0 radical (unpaired) electrons. The molecule has 0 saturated heterocycles. The van der Waals surface area contributed by atoms with Crippen LogP contribution in [0.4, 0.5) is 11.4 Å². The van der Waals surface area contributed by atoms with Crippen LogP contribution in [-0.4, -0.2) is 25.0 Å². The van der Waals surface area contributed by atoms with Gasteiger partial charge in [0.2, 0.25) is 0 Å². The molecule has 1 amide bonds.